The lowest BCUT2D eigenvalue weighted by Crippen LogP contribution is -2.16. The third-order valence-electron chi connectivity index (χ3n) is 5.35. The Hall–Kier alpha value is -4.41. The number of nitrogens with zero attached hydrogens (tertiary/aromatic N) is 5. The molecule has 3 N–H and O–H groups in total. The second-order valence-corrected chi connectivity index (χ2v) is 8.00. The molecular formula is C24H22F3N7O. The lowest BCUT2D eigenvalue weighted by atomic mass is 10.1. The fourth-order valence-corrected chi connectivity index (χ4v) is 3.50. The Kier molecular flexibility index (Phi) is 6.16. The van der Waals surface area contributed by atoms with Crippen molar-refractivity contribution in [2.75, 3.05) is 23.0 Å². The number of benzene rings is 2. The lowest BCUT2D eigenvalue weighted by Gasteiger charge is -2.21. The van der Waals surface area contributed by atoms with Crippen molar-refractivity contribution in [2.24, 2.45) is 0 Å². The van der Waals surface area contributed by atoms with Crippen molar-refractivity contribution in [3.63, 3.8) is 0 Å². The van der Waals surface area contributed by atoms with Crippen LogP contribution in [0.25, 0.3) is 5.69 Å². The van der Waals surface area contributed by atoms with Crippen LogP contribution in [0.3, 0.4) is 0 Å². The first-order valence-corrected chi connectivity index (χ1v) is 10.5. The number of imidazole rings is 1. The van der Waals surface area contributed by atoms with Crippen LogP contribution in [0.4, 0.5) is 36.2 Å². The molecule has 8 nitrogen and oxygen atoms in total. The highest BCUT2D eigenvalue weighted by Gasteiger charge is 2.32. The van der Waals surface area contributed by atoms with Crippen LogP contribution >= 0.6 is 0 Å². The fraction of sp³-hybridized carbons (Fsp3) is 0.167. The largest absolute Gasteiger partial charge is 0.416 e. The van der Waals surface area contributed by atoms with E-state index in [9.17, 15) is 18.0 Å². The summed E-state index contributed by atoms with van der Waals surface area (Å²) in [5.74, 6) is 0.133. The molecule has 0 unspecified atom stereocenters. The first-order valence-electron chi connectivity index (χ1n) is 10.5. The van der Waals surface area contributed by atoms with Gasteiger partial charge < -0.3 is 20.5 Å². The normalized spacial score (nSPS) is 11.4. The van der Waals surface area contributed by atoms with Crippen LogP contribution in [0, 0.1) is 13.8 Å². The van der Waals surface area contributed by atoms with Gasteiger partial charge in [-0.2, -0.15) is 13.2 Å². The number of nitrogens with two attached hydrogens (primary N) is 1. The van der Waals surface area contributed by atoms with E-state index in [0.717, 1.165) is 23.4 Å². The van der Waals surface area contributed by atoms with E-state index in [0.29, 0.717) is 17.2 Å². The molecule has 0 radical (unpaired) electrons. The minimum absolute atomic E-state index is 0.138. The van der Waals surface area contributed by atoms with Crippen molar-refractivity contribution < 1.29 is 18.0 Å². The van der Waals surface area contributed by atoms with Gasteiger partial charge >= 0.3 is 6.18 Å². The molecule has 2 heterocycles. The zero-order valence-electron chi connectivity index (χ0n) is 19.1. The Morgan fingerprint density at radius 3 is 2.46 bits per heavy atom. The topological polar surface area (TPSA) is 102 Å². The Morgan fingerprint density at radius 1 is 1.06 bits per heavy atom. The number of carbonyl (C=O) groups excluding carboxylic acids is 1. The molecule has 180 valence electrons. The predicted molar refractivity (Wildman–Crippen MR) is 127 cm³/mol. The molecule has 0 atom stereocenters. The van der Waals surface area contributed by atoms with E-state index in [-0.39, 0.29) is 17.1 Å². The molecule has 35 heavy (non-hydrogen) atoms. The van der Waals surface area contributed by atoms with Crippen LogP contribution in [0.5, 0.6) is 0 Å². The summed E-state index contributed by atoms with van der Waals surface area (Å²) < 4.78 is 42.1. The van der Waals surface area contributed by atoms with Gasteiger partial charge in [-0.25, -0.2) is 15.0 Å². The van der Waals surface area contributed by atoms with Gasteiger partial charge in [0.15, 0.2) is 5.82 Å². The van der Waals surface area contributed by atoms with E-state index in [4.69, 9.17) is 5.73 Å². The number of hydrogen-bond donors (Lipinski definition) is 2. The molecular weight excluding hydrogens is 459 g/mol. The number of carbonyl (C=O) groups is 1. The molecule has 0 saturated carbocycles. The van der Waals surface area contributed by atoms with Gasteiger partial charge in [-0.05, 0) is 49.7 Å². The van der Waals surface area contributed by atoms with Gasteiger partial charge in [0.1, 0.15) is 5.82 Å². The van der Waals surface area contributed by atoms with E-state index in [1.54, 1.807) is 43.3 Å². The third kappa shape index (κ3) is 5.24. The van der Waals surface area contributed by atoms with Crippen LogP contribution < -0.4 is 16.0 Å². The van der Waals surface area contributed by atoms with Gasteiger partial charge in [-0.3, -0.25) is 4.79 Å². The molecule has 4 rings (SSSR count). The quantitative estimate of drug-likeness (QED) is 0.420. The van der Waals surface area contributed by atoms with E-state index in [2.05, 4.69) is 20.3 Å². The van der Waals surface area contributed by atoms with E-state index in [1.165, 1.54) is 29.4 Å². The summed E-state index contributed by atoms with van der Waals surface area (Å²) in [5.41, 5.74) is 7.36. The minimum Gasteiger partial charge on any atom is -0.382 e. The predicted octanol–water partition coefficient (Wildman–Crippen LogP) is 4.90. The highest BCUT2D eigenvalue weighted by atomic mass is 19.4. The number of aromatic nitrogens is 4. The SMILES string of the molecule is Cc1cn(-c2cc(C(=O)Nc3ccc(C)c(N(C)c4cnc(N)cn4)c3)cc(C(F)(F)F)c2)cn1. The zero-order chi connectivity index (χ0) is 25.3. The van der Waals surface area contributed by atoms with Crippen molar-refractivity contribution in [1.82, 2.24) is 19.5 Å². The summed E-state index contributed by atoms with van der Waals surface area (Å²) in [6, 6.07) is 8.36. The molecule has 11 heteroatoms. The molecule has 2 aromatic heterocycles. The number of amides is 1. The number of hydrogen-bond acceptors (Lipinski definition) is 6. The number of halogens is 3. The highest BCUT2D eigenvalue weighted by molar-refractivity contribution is 6.05. The fourth-order valence-electron chi connectivity index (χ4n) is 3.50. The standard InChI is InChI=1S/C24H22F3N7O/c1-14-4-5-18(9-20(14)33(3)22-11-29-21(28)10-30-22)32-23(35)16-6-17(24(25,26)27)8-19(7-16)34-12-15(2)31-13-34/h4-13H,1-3H3,(H2,28,29)(H,32,35). The molecule has 0 aliphatic heterocycles. The van der Waals surface area contributed by atoms with Crippen molar-refractivity contribution >= 4 is 28.9 Å². The first kappa shape index (κ1) is 23.7. The molecule has 1 amide bonds. The average Bonchev–Trinajstić information content (AvgIpc) is 3.26. The van der Waals surface area contributed by atoms with E-state index >= 15 is 0 Å². The molecule has 0 aliphatic carbocycles. The second kappa shape index (κ2) is 9.09. The number of aryl methyl sites for hydroxylation is 2. The Balaban J connectivity index is 1.65. The maximum absolute atomic E-state index is 13.6. The number of anilines is 4. The smallest absolute Gasteiger partial charge is 0.382 e. The van der Waals surface area contributed by atoms with Crippen LogP contribution in [-0.2, 0) is 6.18 Å². The highest BCUT2D eigenvalue weighted by Crippen LogP contribution is 2.32. The van der Waals surface area contributed by atoms with Crippen LogP contribution in [0.2, 0.25) is 0 Å². The average molecular weight is 481 g/mol. The summed E-state index contributed by atoms with van der Waals surface area (Å²) in [7, 11) is 1.78. The molecule has 4 aromatic rings. The molecule has 0 bridgehead atoms. The molecule has 0 saturated heterocycles. The monoisotopic (exact) mass is 481 g/mol. The molecule has 0 spiro atoms. The van der Waals surface area contributed by atoms with Gasteiger partial charge in [0.2, 0.25) is 0 Å². The Bertz CT molecular complexity index is 1380. The Morgan fingerprint density at radius 2 is 1.83 bits per heavy atom. The molecule has 0 fully saturated rings. The van der Waals surface area contributed by atoms with Gasteiger partial charge in [0.05, 0.1) is 30.0 Å². The second-order valence-electron chi connectivity index (χ2n) is 8.00. The van der Waals surface area contributed by atoms with Gasteiger partial charge in [-0.15, -0.1) is 0 Å². The van der Waals surface area contributed by atoms with E-state index in [1.807, 2.05) is 6.92 Å². The van der Waals surface area contributed by atoms with Crippen LogP contribution in [-0.4, -0.2) is 32.5 Å². The summed E-state index contributed by atoms with van der Waals surface area (Å²) in [6.45, 7) is 3.61. The van der Waals surface area contributed by atoms with Crippen molar-refractivity contribution in [1.29, 1.82) is 0 Å². The lowest BCUT2D eigenvalue weighted by molar-refractivity contribution is -0.137. The summed E-state index contributed by atoms with van der Waals surface area (Å²) in [4.78, 5) is 27.1. The maximum atomic E-state index is 13.6. The summed E-state index contributed by atoms with van der Waals surface area (Å²) in [5, 5.41) is 2.69. The van der Waals surface area contributed by atoms with E-state index < -0.39 is 17.6 Å². The van der Waals surface area contributed by atoms with Gasteiger partial charge in [-0.1, -0.05) is 6.07 Å². The van der Waals surface area contributed by atoms with Crippen molar-refractivity contribution in [3.05, 3.63) is 83.7 Å². The number of nitrogen functional groups attached to an aromatic ring is 1. The molecule has 0 aliphatic rings. The van der Waals surface area contributed by atoms with Crippen molar-refractivity contribution in [3.8, 4) is 5.69 Å². The van der Waals surface area contributed by atoms with Gasteiger partial charge in [0.25, 0.3) is 5.91 Å². The van der Waals surface area contributed by atoms with Crippen LogP contribution in [0.15, 0.2) is 61.3 Å². The van der Waals surface area contributed by atoms with Crippen molar-refractivity contribution in [2.45, 2.75) is 20.0 Å². The number of rotatable bonds is 5. The first-order chi connectivity index (χ1) is 16.5. The minimum atomic E-state index is -4.62. The maximum Gasteiger partial charge on any atom is 0.416 e. The number of nitrogens with one attached hydrogen (secondary N) is 1. The zero-order valence-corrected chi connectivity index (χ0v) is 19.1. The number of alkyl halides is 3. The Labute approximate surface area is 199 Å². The van der Waals surface area contributed by atoms with Gasteiger partial charge in [0, 0.05) is 35.9 Å². The third-order valence-corrected chi connectivity index (χ3v) is 5.35. The molecule has 2 aromatic carbocycles. The van der Waals surface area contributed by atoms with Crippen LogP contribution in [0.1, 0.15) is 27.2 Å². The summed E-state index contributed by atoms with van der Waals surface area (Å²) in [6.07, 6.45) is 1.30. The summed E-state index contributed by atoms with van der Waals surface area (Å²) >= 11 is 0.